The van der Waals surface area contributed by atoms with E-state index in [1.54, 1.807) is 0 Å². The minimum Gasteiger partial charge on any atom is -0.393 e. The summed E-state index contributed by atoms with van der Waals surface area (Å²) in [7, 11) is 2.19. The van der Waals surface area contributed by atoms with Crippen LogP contribution in [0.25, 0.3) is 0 Å². The Morgan fingerprint density at radius 3 is 2.53 bits per heavy atom. The Bertz CT molecular complexity index is 190. The smallest absolute Gasteiger partial charge is 0.0540 e. The SMILES string of the molecule is CN1CCC(NCC2CCC(O)CC2)C1. The van der Waals surface area contributed by atoms with Crippen LogP contribution in [0, 0.1) is 5.92 Å². The first kappa shape index (κ1) is 11.4. The molecular formula is C12H24N2O. The third-order valence-corrected chi connectivity index (χ3v) is 3.90. The van der Waals surface area contributed by atoms with Crippen LogP contribution in [0.5, 0.6) is 0 Å². The van der Waals surface area contributed by atoms with Gasteiger partial charge in [-0.1, -0.05) is 0 Å². The molecule has 1 atom stereocenters. The van der Waals surface area contributed by atoms with Gasteiger partial charge in [0.05, 0.1) is 6.10 Å². The van der Waals surface area contributed by atoms with Crippen LogP contribution < -0.4 is 5.32 Å². The Kier molecular flexibility index (Phi) is 4.00. The molecule has 2 aliphatic rings. The predicted molar refractivity (Wildman–Crippen MR) is 61.9 cm³/mol. The van der Waals surface area contributed by atoms with E-state index >= 15 is 0 Å². The van der Waals surface area contributed by atoms with E-state index in [0.29, 0.717) is 6.04 Å². The second-order valence-corrected chi connectivity index (χ2v) is 5.33. The molecule has 2 N–H and O–H groups in total. The van der Waals surface area contributed by atoms with E-state index < -0.39 is 0 Å². The number of likely N-dealkylation sites (N-methyl/N-ethyl adjacent to an activating group) is 1. The zero-order valence-electron chi connectivity index (χ0n) is 9.78. The molecule has 0 spiro atoms. The minimum absolute atomic E-state index is 0.0149. The summed E-state index contributed by atoms with van der Waals surface area (Å²) in [6.45, 7) is 3.60. The van der Waals surface area contributed by atoms with Crippen LogP contribution >= 0.6 is 0 Å². The molecule has 0 aromatic rings. The topological polar surface area (TPSA) is 35.5 Å². The normalized spacial score (nSPS) is 38.4. The number of likely N-dealkylation sites (tertiary alicyclic amines) is 1. The molecule has 0 aromatic heterocycles. The summed E-state index contributed by atoms with van der Waals surface area (Å²) in [5.74, 6) is 0.805. The van der Waals surface area contributed by atoms with E-state index in [-0.39, 0.29) is 6.10 Å². The standard InChI is InChI=1S/C12H24N2O/c1-14-7-6-11(9-14)13-8-10-2-4-12(15)5-3-10/h10-13,15H,2-9H2,1H3. The van der Waals surface area contributed by atoms with Crippen LogP contribution in [0.2, 0.25) is 0 Å². The molecule has 3 nitrogen and oxygen atoms in total. The fourth-order valence-electron chi connectivity index (χ4n) is 2.78. The lowest BCUT2D eigenvalue weighted by molar-refractivity contribution is 0.107. The molecule has 0 radical (unpaired) electrons. The molecule has 1 aliphatic carbocycles. The highest BCUT2D eigenvalue weighted by Gasteiger charge is 2.22. The first-order valence-electron chi connectivity index (χ1n) is 6.34. The fraction of sp³-hybridized carbons (Fsp3) is 1.00. The van der Waals surface area contributed by atoms with Gasteiger partial charge in [0.1, 0.15) is 0 Å². The van der Waals surface area contributed by atoms with Crippen molar-refractivity contribution in [1.29, 1.82) is 0 Å². The highest BCUT2D eigenvalue weighted by molar-refractivity contribution is 4.81. The maximum Gasteiger partial charge on any atom is 0.0540 e. The highest BCUT2D eigenvalue weighted by atomic mass is 16.3. The quantitative estimate of drug-likeness (QED) is 0.727. The van der Waals surface area contributed by atoms with E-state index in [2.05, 4.69) is 17.3 Å². The lowest BCUT2D eigenvalue weighted by Gasteiger charge is -2.26. The summed E-state index contributed by atoms with van der Waals surface area (Å²) in [5.41, 5.74) is 0. The summed E-state index contributed by atoms with van der Waals surface area (Å²) in [6, 6.07) is 0.710. The van der Waals surface area contributed by atoms with Crippen LogP contribution in [-0.2, 0) is 0 Å². The molecule has 1 saturated carbocycles. The molecule has 1 unspecified atom stereocenters. The Labute approximate surface area is 92.8 Å². The largest absolute Gasteiger partial charge is 0.393 e. The first-order chi connectivity index (χ1) is 7.24. The molecule has 0 bridgehead atoms. The van der Waals surface area contributed by atoms with Crippen LogP contribution in [0.3, 0.4) is 0 Å². The molecular weight excluding hydrogens is 188 g/mol. The third kappa shape index (κ3) is 3.44. The lowest BCUT2D eigenvalue weighted by Crippen LogP contribution is -2.36. The third-order valence-electron chi connectivity index (χ3n) is 3.90. The van der Waals surface area contributed by atoms with Crippen molar-refractivity contribution in [2.45, 2.75) is 44.2 Å². The molecule has 3 heteroatoms. The summed E-state index contributed by atoms with van der Waals surface area (Å²) in [6.07, 6.45) is 5.71. The van der Waals surface area contributed by atoms with Crippen molar-refractivity contribution in [3.05, 3.63) is 0 Å². The number of nitrogens with zero attached hydrogens (tertiary/aromatic N) is 1. The van der Waals surface area contributed by atoms with E-state index in [1.807, 2.05) is 0 Å². The van der Waals surface area contributed by atoms with Crippen LogP contribution in [-0.4, -0.2) is 48.8 Å². The van der Waals surface area contributed by atoms with Gasteiger partial charge in [-0.05, 0) is 58.2 Å². The average Bonchev–Trinajstić information content (AvgIpc) is 2.64. The summed E-state index contributed by atoms with van der Waals surface area (Å²) in [4.78, 5) is 2.39. The zero-order valence-corrected chi connectivity index (χ0v) is 9.78. The maximum atomic E-state index is 9.41. The summed E-state index contributed by atoms with van der Waals surface area (Å²) < 4.78 is 0. The van der Waals surface area contributed by atoms with Crippen molar-refractivity contribution in [1.82, 2.24) is 10.2 Å². The van der Waals surface area contributed by atoms with E-state index in [9.17, 15) is 5.11 Å². The predicted octanol–water partition coefficient (Wildman–Crippen LogP) is 0.831. The second kappa shape index (κ2) is 5.28. The molecule has 1 saturated heterocycles. The van der Waals surface area contributed by atoms with Crippen LogP contribution in [0.1, 0.15) is 32.1 Å². The van der Waals surface area contributed by atoms with Crippen molar-refractivity contribution in [3.8, 4) is 0 Å². The Morgan fingerprint density at radius 1 is 1.20 bits per heavy atom. The van der Waals surface area contributed by atoms with Gasteiger partial charge in [0.25, 0.3) is 0 Å². The molecule has 0 aromatic carbocycles. The van der Waals surface area contributed by atoms with Crippen molar-refractivity contribution in [3.63, 3.8) is 0 Å². The molecule has 2 fully saturated rings. The maximum absolute atomic E-state index is 9.41. The summed E-state index contributed by atoms with van der Waals surface area (Å²) in [5, 5.41) is 13.1. The average molecular weight is 212 g/mol. The van der Waals surface area contributed by atoms with Crippen molar-refractivity contribution >= 4 is 0 Å². The number of hydrogen-bond acceptors (Lipinski definition) is 3. The van der Waals surface area contributed by atoms with E-state index in [0.717, 1.165) is 25.3 Å². The molecule has 2 rings (SSSR count). The van der Waals surface area contributed by atoms with Gasteiger partial charge in [0.2, 0.25) is 0 Å². The molecule has 88 valence electrons. The monoisotopic (exact) mass is 212 g/mol. The van der Waals surface area contributed by atoms with Gasteiger partial charge in [0.15, 0.2) is 0 Å². The van der Waals surface area contributed by atoms with Gasteiger partial charge in [0, 0.05) is 12.6 Å². The molecule has 15 heavy (non-hydrogen) atoms. The molecule has 1 aliphatic heterocycles. The number of nitrogens with one attached hydrogen (secondary N) is 1. The van der Waals surface area contributed by atoms with Gasteiger partial charge >= 0.3 is 0 Å². The number of rotatable bonds is 3. The van der Waals surface area contributed by atoms with E-state index in [1.165, 1.54) is 32.4 Å². The first-order valence-corrected chi connectivity index (χ1v) is 6.34. The Balaban J connectivity index is 1.61. The highest BCUT2D eigenvalue weighted by Crippen LogP contribution is 2.23. The van der Waals surface area contributed by atoms with Gasteiger partial charge in [-0.15, -0.1) is 0 Å². The fourth-order valence-corrected chi connectivity index (χ4v) is 2.78. The van der Waals surface area contributed by atoms with Gasteiger partial charge < -0.3 is 15.3 Å². The Hall–Kier alpha value is -0.120. The zero-order chi connectivity index (χ0) is 10.7. The number of aliphatic hydroxyl groups is 1. The van der Waals surface area contributed by atoms with Gasteiger partial charge in [-0.3, -0.25) is 0 Å². The molecule has 0 amide bonds. The van der Waals surface area contributed by atoms with Gasteiger partial charge in [-0.2, -0.15) is 0 Å². The van der Waals surface area contributed by atoms with Crippen LogP contribution in [0.15, 0.2) is 0 Å². The minimum atomic E-state index is -0.0149. The lowest BCUT2D eigenvalue weighted by atomic mass is 9.87. The van der Waals surface area contributed by atoms with Crippen molar-refractivity contribution < 1.29 is 5.11 Å². The van der Waals surface area contributed by atoms with E-state index in [4.69, 9.17) is 0 Å². The second-order valence-electron chi connectivity index (χ2n) is 5.33. The van der Waals surface area contributed by atoms with Crippen molar-refractivity contribution in [2.24, 2.45) is 5.92 Å². The number of hydrogen-bond donors (Lipinski definition) is 2. The van der Waals surface area contributed by atoms with Crippen LogP contribution in [0.4, 0.5) is 0 Å². The Morgan fingerprint density at radius 2 is 1.93 bits per heavy atom. The van der Waals surface area contributed by atoms with Crippen molar-refractivity contribution in [2.75, 3.05) is 26.7 Å². The van der Waals surface area contributed by atoms with Gasteiger partial charge in [-0.25, -0.2) is 0 Å². The molecule has 1 heterocycles. The number of aliphatic hydroxyl groups excluding tert-OH is 1. The summed E-state index contributed by atoms with van der Waals surface area (Å²) >= 11 is 0.